The first-order valence-electron chi connectivity index (χ1n) is 9.88. The number of fused-ring (bicyclic) bond motifs is 1. The lowest BCUT2D eigenvalue weighted by Crippen LogP contribution is -2.56. The van der Waals surface area contributed by atoms with Crippen molar-refractivity contribution in [3.05, 3.63) is 75.4 Å². The molecule has 0 aromatic heterocycles. The molecule has 0 radical (unpaired) electrons. The molecule has 3 rings (SSSR count). The number of carbonyl (C=O) groups excluding carboxylic acids is 2. The summed E-state index contributed by atoms with van der Waals surface area (Å²) >= 11 is 0. The first-order chi connectivity index (χ1) is 14.2. The van der Waals surface area contributed by atoms with Crippen molar-refractivity contribution in [1.82, 2.24) is 5.32 Å². The van der Waals surface area contributed by atoms with E-state index in [4.69, 9.17) is 4.74 Å². The van der Waals surface area contributed by atoms with Gasteiger partial charge in [-0.3, -0.25) is 4.79 Å². The fourth-order valence-electron chi connectivity index (χ4n) is 3.87. The minimum atomic E-state index is -1.42. The van der Waals surface area contributed by atoms with Crippen LogP contribution in [0.15, 0.2) is 35.9 Å². The van der Waals surface area contributed by atoms with Gasteiger partial charge >= 0.3 is 5.97 Å². The summed E-state index contributed by atoms with van der Waals surface area (Å²) in [4.78, 5) is 26.1. The van der Waals surface area contributed by atoms with Gasteiger partial charge in [0.1, 0.15) is 5.54 Å². The first-order valence-corrected chi connectivity index (χ1v) is 9.88. The third-order valence-electron chi connectivity index (χ3n) is 5.25. The number of amides is 1. The van der Waals surface area contributed by atoms with Crippen LogP contribution >= 0.6 is 0 Å². The molecule has 4 nitrogen and oxygen atoms in total. The van der Waals surface area contributed by atoms with Crippen LogP contribution in [0, 0.1) is 18.6 Å². The predicted molar refractivity (Wildman–Crippen MR) is 111 cm³/mol. The third kappa shape index (κ3) is 4.13. The molecule has 0 spiro atoms. The van der Waals surface area contributed by atoms with Crippen LogP contribution in [0.5, 0.6) is 0 Å². The van der Waals surface area contributed by atoms with E-state index in [9.17, 15) is 18.4 Å². The van der Waals surface area contributed by atoms with Crippen LogP contribution in [0.3, 0.4) is 0 Å². The molecule has 30 heavy (non-hydrogen) atoms. The average molecular weight is 413 g/mol. The quantitative estimate of drug-likeness (QED) is 0.733. The van der Waals surface area contributed by atoms with E-state index in [0.29, 0.717) is 16.7 Å². The summed E-state index contributed by atoms with van der Waals surface area (Å²) in [5, 5.41) is 2.83. The minimum Gasteiger partial charge on any atom is -0.464 e. The van der Waals surface area contributed by atoms with E-state index in [2.05, 4.69) is 5.32 Å². The van der Waals surface area contributed by atoms with Crippen LogP contribution in [0.1, 0.15) is 53.4 Å². The number of aryl methyl sites for hydroxylation is 1. The van der Waals surface area contributed by atoms with Crippen LogP contribution in [0.2, 0.25) is 0 Å². The predicted octanol–water partition coefficient (Wildman–Crippen LogP) is 4.53. The van der Waals surface area contributed by atoms with Gasteiger partial charge in [0, 0.05) is 18.4 Å². The third-order valence-corrected chi connectivity index (χ3v) is 5.25. The minimum absolute atomic E-state index is 0.0356. The second-order valence-electron chi connectivity index (χ2n) is 7.90. The van der Waals surface area contributed by atoms with Gasteiger partial charge in [0.05, 0.1) is 6.61 Å². The lowest BCUT2D eigenvalue weighted by molar-refractivity contribution is -0.150. The Morgan fingerprint density at radius 2 is 1.73 bits per heavy atom. The smallest absolute Gasteiger partial charge is 0.332 e. The van der Waals surface area contributed by atoms with Gasteiger partial charge in [0.15, 0.2) is 11.6 Å². The van der Waals surface area contributed by atoms with Crippen molar-refractivity contribution in [1.29, 1.82) is 0 Å². The first kappa shape index (κ1) is 21.7. The topological polar surface area (TPSA) is 55.4 Å². The normalized spacial score (nSPS) is 14.1. The van der Waals surface area contributed by atoms with E-state index in [1.165, 1.54) is 0 Å². The summed E-state index contributed by atoms with van der Waals surface area (Å²) in [6.07, 6.45) is 1.98. The van der Waals surface area contributed by atoms with Gasteiger partial charge < -0.3 is 10.1 Å². The van der Waals surface area contributed by atoms with Crippen molar-refractivity contribution >= 4 is 18.0 Å². The van der Waals surface area contributed by atoms with E-state index >= 15 is 0 Å². The Morgan fingerprint density at radius 1 is 1.13 bits per heavy atom. The number of carbonyl (C=O) groups is 2. The van der Waals surface area contributed by atoms with Gasteiger partial charge in [-0.25, -0.2) is 13.6 Å². The maximum absolute atomic E-state index is 13.7. The maximum atomic E-state index is 13.7. The van der Waals surface area contributed by atoms with Crippen LogP contribution in [0.4, 0.5) is 8.78 Å². The highest BCUT2D eigenvalue weighted by Crippen LogP contribution is 2.33. The van der Waals surface area contributed by atoms with E-state index in [-0.39, 0.29) is 19.4 Å². The monoisotopic (exact) mass is 413 g/mol. The molecule has 1 aliphatic rings. The standard InChI is InChI=1S/C24H25F2NO3/c1-5-30-23(29)24(12-16-10-20(25)21(26)11-17(16)13-24)27-22(28)18-8-6-7-15(4)19(18)9-14(2)3/h6-11H,5,12-13H2,1-4H3,(H,27,28). The molecule has 1 amide bonds. The number of hydrogen-bond donors (Lipinski definition) is 1. The summed E-state index contributed by atoms with van der Waals surface area (Å²) in [7, 11) is 0. The molecule has 0 fully saturated rings. The van der Waals surface area contributed by atoms with Crippen molar-refractivity contribution in [3.8, 4) is 0 Å². The second kappa shape index (κ2) is 8.38. The van der Waals surface area contributed by atoms with Gasteiger partial charge in [-0.05, 0) is 68.1 Å². The van der Waals surface area contributed by atoms with Crippen LogP contribution in [-0.4, -0.2) is 24.0 Å². The van der Waals surface area contributed by atoms with Crippen LogP contribution in [-0.2, 0) is 22.4 Å². The van der Waals surface area contributed by atoms with Gasteiger partial charge in [-0.2, -0.15) is 0 Å². The summed E-state index contributed by atoms with van der Waals surface area (Å²) in [5.41, 5.74) is 2.69. The summed E-state index contributed by atoms with van der Waals surface area (Å²) < 4.78 is 32.7. The van der Waals surface area contributed by atoms with E-state index in [1.807, 2.05) is 32.9 Å². The van der Waals surface area contributed by atoms with Crippen LogP contribution < -0.4 is 5.32 Å². The molecular formula is C24H25F2NO3. The molecule has 2 aromatic carbocycles. The number of hydrogen-bond acceptors (Lipinski definition) is 3. The molecule has 2 aromatic rings. The Morgan fingerprint density at radius 3 is 2.27 bits per heavy atom. The zero-order valence-corrected chi connectivity index (χ0v) is 17.6. The van der Waals surface area contributed by atoms with Gasteiger partial charge in [-0.15, -0.1) is 0 Å². The number of esters is 1. The zero-order valence-electron chi connectivity index (χ0n) is 17.6. The number of allylic oxidation sites excluding steroid dienone is 1. The number of benzene rings is 2. The Kier molecular flexibility index (Phi) is 6.06. The molecule has 0 saturated heterocycles. The van der Waals surface area contributed by atoms with Crippen molar-refractivity contribution in [2.24, 2.45) is 0 Å². The van der Waals surface area contributed by atoms with Crippen molar-refractivity contribution in [2.75, 3.05) is 6.61 Å². The lowest BCUT2D eigenvalue weighted by atomic mass is 9.93. The maximum Gasteiger partial charge on any atom is 0.332 e. The molecule has 0 aliphatic heterocycles. The largest absolute Gasteiger partial charge is 0.464 e. The van der Waals surface area contributed by atoms with Gasteiger partial charge in [0.25, 0.3) is 5.91 Å². The summed E-state index contributed by atoms with van der Waals surface area (Å²) in [6, 6.07) is 7.54. The Bertz CT molecular complexity index is 1010. The molecule has 0 atom stereocenters. The number of ether oxygens (including phenoxy) is 1. The molecule has 0 unspecified atom stereocenters. The highest BCUT2D eigenvalue weighted by Gasteiger charge is 2.47. The number of halogens is 2. The summed E-state index contributed by atoms with van der Waals surface area (Å²) in [5.74, 6) is -3.02. The van der Waals surface area contributed by atoms with E-state index in [1.54, 1.807) is 19.1 Å². The molecular weight excluding hydrogens is 388 g/mol. The summed E-state index contributed by atoms with van der Waals surface area (Å²) in [6.45, 7) is 7.57. The Balaban J connectivity index is 2.01. The van der Waals surface area contributed by atoms with Crippen molar-refractivity contribution in [2.45, 2.75) is 46.1 Å². The molecule has 1 aliphatic carbocycles. The van der Waals surface area contributed by atoms with Crippen molar-refractivity contribution < 1.29 is 23.1 Å². The molecule has 1 N–H and O–H groups in total. The molecule has 0 heterocycles. The number of nitrogens with one attached hydrogen (secondary N) is 1. The SMILES string of the molecule is CCOC(=O)C1(NC(=O)c2cccc(C)c2C=C(C)C)Cc2cc(F)c(F)cc2C1. The Hall–Kier alpha value is -3.02. The second-order valence-corrected chi connectivity index (χ2v) is 7.90. The fourth-order valence-corrected chi connectivity index (χ4v) is 3.87. The Labute approximate surface area is 174 Å². The van der Waals surface area contributed by atoms with Crippen LogP contribution in [0.25, 0.3) is 6.08 Å². The highest BCUT2D eigenvalue weighted by atomic mass is 19.2. The lowest BCUT2D eigenvalue weighted by Gasteiger charge is -2.28. The molecule has 0 bridgehead atoms. The average Bonchev–Trinajstić information content (AvgIpc) is 3.01. The fraction of sp³-hybridized carbons (Fsp3) is 0.333. The molecule has 158 valence electrons. The van der Waals surface area contributed by atoms with Gasteiger partial charge in [-0.1, -0.05) is 23.8 Å². The van der Waals surface area contributed by atoms with E-state index < -0.39 is 29.0 Å². The number of rotatable bonds is 5. The molecule has 0 saturated carbocycles. The highest BCUT2D eigenvalue weighted by molar-refractivity contribution is 6.01. The van der Waals surface area contributed by atoms with Crippen molar-refractivity contribution in [3.63, 3.8) is 0 Å². The zero-order chi connectivity index (χ0) is 22.1. The molecule has 6 heteroatoms. The van der Waals surface area contributed by atoms with Gasteiger partial charge in [0.2, 0.25) is 0 Å². The van der Waals surface area contributed by atoms with E-state index in [0.717, 1.165) is 28.8 Å².